The minimum absolute atomic E-state index is 0.0828. The topological polar surface area (TPSA) is 75.4 Å². The van der Waals surface area contributed by atoms with Gasteiger partial charge in [0, 0.05) is 24.3 Å². The predicted octanol–water partition coefficient (Wildman–Crippen LogP) is 3.02. The van der Waals surface area contributed by atoms with Crippen LogP contribution in [-0.2, 0) is 9.59 Å². The first-order chi connectivity index (χ1) is 13.0. The quantitative estimate of drug-likeness (QED) is 0.784. The highest BCUT2D eigenvalue weighted by Crippen LogP contribution is 2.30. The van der Waals surface area contributed by atoms with Crippen LogP contribution < -0.4 is 11.1 Å². The van der Waals surface area contributed by atoms with Crippen LogP contribution in [0.3, 0.4) is 0 Å². The summed E-state index contributed by atoms with van der Waals surface area (Å²) in [6.07, 6.45) is 4.18. The molecular weight excluding hydrogens is 358 g/mol. The number of nitrogens with one attached hydrogen (secondary N) is 1. The van der Waals surface area contributed by atoms with Crippen LogP contribution in [0.25, 0.3) is 0 Å². The lowest BCUT2D eigenvalue weighted by atomic mass is 9.99. The van der Waals surface area contributed by atoms with Crippen molar-refractivity contribution in [3.8, 4) is 0 Å². The van der Waals surface area contributed by atoms with Crippen molar-refractivity contribution in [3.05, 3.63) is 35.4 Å². The molecule has 0 bridgehead atoms. The highest BCUT2D eigenvalue weighted by molar-refractivity contribution is 7.99. The molecule has 1 aliphatic heterocycles. The summed E-state index contributed by atoms with van der Waals surface area (Å²) in [4.78, 5) is 27.2. The lowest BCUT2D eigenvalue weighted by molar-refractivity contribution is -0.141. The fraction of sp³-hybridized carbons (Fsp3) is 0.619. The lowest BCUT2D eigenvalue weighted by Gasteiger charge is -2.26. The van der Waals surface area contributed by atoms with Crippen LogP contribution in [0.2, 0.25) is 0 Å². The molecule has 2 unspecified atom stereocenters. The average molecular weight is 390 g/mol. The molecule has 2 amide bonds. The Hall–Kier alpha value is -1.53. The van der Waals surface area contributed by atoms with Crippen LogP contribution in [0.15, 0.2) is 24.3 Å². The van der Waals surface area contributed by atoms with Crippen LogP contribution >= 0.6 is 11.8 Å². The largest absolute Gasteiger partial charge is 0.352 e. The number of thioether (sulfide) groups is 1. The molecular formula is C21H31N3O2S. The van der Waals surface area contributed by atoms with E-state index in [4.69, 9.17) is 5.73 Å². The molecule has 2 fully saturated rings. The normalized spacial score (nSPS) is 21.6. The van der Waals surface area contributed by atoms with E-state index in [1.54, 1.807) is 16.7 Å². The summed E-state index contributed by atoms with van der Waals surface area (Å²) in [6.45, 7) is 4.70. The molecule has 0 radical (unpaired) electrons. The van der Waals surface area contributed by atoms with Crippen molar-refractivity contribution in [1.82, 2.24) is 10.2 Å². The van der Waals surface area contributed by atoms with Crippen molar-refractivity contribution >= 4 is 23.6 Å². The van der Waals surface area contributed by atoms with Crippen molar-refractivity contribution in [2.24, 2.45) is 11.7 Å². The van der Waals surface area contributed by atoms with E-state index in [9.17, 15) is 9.59 Å². The van der Waals surface area contributed by atoms with Gasteiger partial charge in [-0.25, -0.2) is 0 Å². The highest BCUT2D eigenvalue weighted by atomic mass is 32.2. The monoisotopic (exact) mass is 389 g/mol. The SMILES string of the molecule is CC(C)c1ccc(C(N)CNC(=O)C2CSCN2C(=O)C2CCCC2)cc1. The second-order valence-corrected chi connectivity index (χ2v) is 8.98. The Morgan fingerprint density at radius 3 is 2.44 bits per heavy atom. The lowest BCUT2D eigenvalue weighted by Crippen LogP contribution is -2.49. The van der Waals surface area contributed by atoms with Gasteiger partial charge in [0.1, 0.15) is 6.04 Å². The molecule has 27 heavy (non-hydrogen) atoms. The molecule has 1 aromatic rings. The van der Waals surface area contributed by atoms with E-state index < -0.39 is 0 Å². The summed E-state index contributed by atoms with van der Waals surface area (Å²) >= 11 is 1.65. The zero-order valence-electron chi connectivity index (χ0n) is 16.3. The van der Waals surface area contributed by atoms with E-state index in [2.05, 4.69) is 31.3 Å². The fourth-order valence-electron chi connectivity index (χ4n) is 3.86. The fourth-order valence-corrected chi connectivity index (χ4v) is 5.02. The van der Waals surface area contributed by atoms with Crippen molar-refractivity contribution in [2.75, 3.05) is 18.2 Å². The number of benzene rings is 1. The Morgan fingerprint density at radius 2 is 1.81 bits per heavy atom. The Bertz CT molecular complexity index is 656. The van der Waals surface area contributed by atoms with E-state index in [0.717, 1.165) is 31.2 Å². The van der Waals surface area contributed by atoms with Gasteiger partial charge in [0.2, 0.25) is 11.8 Å². The molecule has 0 spiro atoms. The number of amides is 2. The molecule has 3 rings (SSSR count). The molecule has 148 valence electrons. The number of carbonyl (C=O) groups excluding carboxylic acids is 2. The van der Waals surface area contributed by atoms with Gasteiger partial charge in [0.15, 0.2) is 0 Å². The van der Waals surface area contributed by atoms with Crippen molar-refractivity contribution in [1.29, 1.82) is 0 Å². The van der Waals surface area contributed by atoms with Gasteiger partial charge in [-0.1, -0.05) is 51.0 Å². The second kappa shape index (κ2) is 9.11. The summed E-state index contributed by atoms with van der Waals surface area (Å²) in [5, 5.41) is 2.96. The number of hydrogen-bond donors (Lipinski definition) is 2. The third kappa shape index (κ3) is 4.85. The van der Waals surface area contributed by atoms with Crippen LogP contribution in [0.4, 0.5) is 0 Å². The van der Waals surface area contributed by atoms with E-state index in [1.807, 2.05) is 12.1 Å². The second-order valence-electron chi connectivity index (χ2n) is 7.98. The third-order valence-corrected chi connectivity index (χ3v) is 6.71. The Balaban J connectivity index is 1.53. The average Bonchev–Trinajstić information content (AvgIpc) is 3.37. The summed E-state index contributed by atoms with van der Waals surface area (Å²) in [5.74, 6) is 1.96. The van der Waals surface area contributed by atoms with Crippen LogP contribution in [-0.4, -0.2) is 40.9 Å². The first-order valence-electron chi connectivity index (χ1n) is 9.98. The van der Waals surface area contributed by atoms with Crippen LogP contribution in [0.1, 0.15) is 62.6 Å². The zero-order chi connectivity index (χ0) is 19.4. The van der Waals surface area contributed by atoms with Crippen molar-refractivity contribution in [3.63, 3.8) is 0 Å². The summed E-state index contributed by atoms with van der Waals surface area (Å²) in [6, 6.07) is 7.65. The molecule has 3 N–H and O–H groups in total. The van der Waals surface area contributed by atoms with Gasteiger partial charge in [-0.05, 0) is 29.9 Å². The molecule has 2 aliphatic rings. The zero-order valence-corrected chi connectivity index (χ0v) is 17.1. The summed E-state index contributed by atoms with van der Waals surface area (Å²) in [5.41, 5.74) is 8.55. The Kier molecular flexibility index (Phi) is 6.82. The maximum absolute atomic E-state index is 12.7. The standard InChI is InChI=1S/C21H31N3O2S/c1-14(2)15-7-9-16(10-8-15)18(22)11-23-20(25)19-12-27-13-24(19)21(26)17-5-3-4-6-17/h7-10,14,17-19H,3-6,11-13,22H2,1-2H3,(H,23,25). The minimum Gasteiger partial charge on any atom is -0.352 e. The van der Waals surface area contributed by atoms with Crippen molar-refractivity contribution < 1.29 is 9.59 Å². The maximum atomic E-state index is 12.7. The van der Waals surface area contributed by atoms with E-state index >= 15 is 0 Å². The molecule has 1 aromatic carbocycles. The first-order valence-corrected chi connectivity index (χ1v) is 11.1. The number of hydrogen-bond acceptors (Lipinski definition) is 4. The summed E-state index contributed by atoms with van der Waals surface area (Å²) in [7, 11) is 0. The van der Waals surface area contributed by atoms with Crippen molar-refractivity contribution in [2.45, 2.75) is 57.5 Å². The molecule has 0 aromatic heterocycles. The van der Waals surface area contributed by atoms with E-state index in [1.165, 1.54) is 5.56 Å². The van der Waals surface area contributed by atoms with E-state index in [0.29, 0.717) is 24.1 Å². The number of nitrogens with zero attached hydrogens (tertiary/aromatic N) is 1. The molecule has 5 nitrogen and oxygen atoms in total. The number of nitrogens with two attached hydrogens (primary N) is 1. The Labute approximate surface area is 166 Å². The van der Waals surface area contributed by atoms with Gasteiger partial charge in [0.25, 0.3) is 0 Å². The van der Waals surface area contributed by atoms with Gasteiger partial charge < -0.3 is 16.0 Å². The first kappa shape index (κ1) is 20.2. The molecule has 1 saturated heterocycles. The van der Waals surface area contributed by atoms with Gasteiger partial charge in [-0.15, -0.1) is 11.8 Å². The Morgan fingerprint density at radius 1 is 1.19 bits per heavy atom. The predicted molar refractivity (Wildman–Crippen MR) is 110 cm³/mol. The minimum atomic E-state index is -0.362. The van der Waals surface area contributed by atoms with E-state index in [-0.39, 0.29) is 29.8 Å². The molecule has 1 saturated carbocycles. The maximum Gasteiger partial charge on any atom is 0.243 e. The van der Waals surface area contributed by atoms with Crippen LogP contribution in [0, 0.1) is 5.92 Å². The molecule has 1 heterocycles. The van der Waals surface area contributed by atoms with Gasteiger partial charge in [-0.3, -0.25) is 9.59 Å². The third-order valence-electron chi connectivity index (χ3n) is 5.70. The number of carbonyl (C=O) groups is 2. The summed E-state index contributed by atoms with van der Waals surface area (Å²) < 4.78 is 0. The number of rotatable bonds is 6. The molecule has 6 heteroatoms. The van der Waals surface area contributed by atoms with Gasteiger partial charge >= 0.3 is 0 Å². The highest BCUT2D eigenvalue weighted by Gasteiger charge is 2.38. The van der Waals surface area contributed by atoms with Gasteiger partial charge in [-0.2, -0.15) is 0 Å². The van der Waals surface area contributed by atoms with Gasteiger partial charge in [0.05, 0.1) is 5.88 Å². The smallest absolute Gasteiger partial charge is 0.243 e. The van der Waals surface area contributed by atoms with Crippen LogP contribution in [0.5, 0.6) is 0 Å². The molecule has 2 atom stereocenters. The molecule has 1 aliphatic carbocycles.